The number of aromatic nitrogens is 2. The number of carbonyl (C=O) groups excluding carboxylic acids is 2. The summed E-state index contributed by atoms with van der Waals surface area (Å²) in [6, 6.07) is 11.1. The third-order valence-corrected chi connectivity index (χ3v) is 3.95. The molecule has 0 saturated carbocycles. The summed E-state index contributed by atoms with van der Waals surface area (Å²) in [4.78, 5) is 27.4. The van der Waals surface area contributed by atoms with Gasteiger partial charge in [0.25, 0.3) is 5.91 Å². The van der Waals surface area contributed by atoms with Crippen LogP contribution in [-0.2, 0) is 11.2 Å². The van der Waals surface area contributed by atoms with Crippen LogP contribution < -0.4 is 11.1 Å². The molecule has 0 radical (unpaired) electrons. The summed E-state index contributed by atoms with van der Waals surface area (Å²) >= 11 is 1.26. The molecule has 0 bridgehead atoms. The van der Waals surface area contributed by atoms with Crippen molar-refractivity contribution in [3.63, 3.8) is 0 Å². The van der Waals surface area contributed by atoms with Gasteiger partial charge in [-0.1, -0.05) is 6.07 Å². The van der Waals surface area contributed by atoms with E-state index >= 15 is 0 Å². The molecule has 116 valence electrons. The van der Waals surface area contributed by atoms with Crippen molar-refractivity contribution in [3.05, 3.63) is 65.4 Å². The molecule has 2 amide bonds. The highest BCUT2D eigenvalue weighted by Gasteiger charge is 2.11. The summed E-state index contributed by atoms with van der Waals surface area (Å²) in [5, 5.41) is 4.88. The Labute approximate surface area is 136 Å². The number of rotatable bonds is 5. The molecule has 0 unspecified atom stereocenters. The highest BCUT2D eigenvalue weighted by atomic mass is 32.1. The van der Waals surface area contributed by atoms with Gasteiger partial charge in [0.05, 0.1) is 12.1 Å². The fourth-order valence-electron chi connectivity index (χ4n) is 2.11. The molecule has 0 spiro atoms. The average molecular weight is 326 g/mol. The Morgan fingerprint density at radius 2 is 2.00 bits per heavy atom. The second-order valence-corrected chi connectivity index (χ2v) is 5.74. The number of primary amides is 1. The Morgan fingerprint density at radius 1 is 1.22 bits per heavy atom. The van der Waals surface area contributed by atoms with Crippen molar-refractivity contribution in [2.75, 3.05) is 5.32 Å². The Kier molecular flexibility index (Phi) is 4.20. The van der Waals surface area contributed by atoms with Crippen LogP contribution >= 0.6 is 11.3 Å². The van der Waals surface area contributed by atoms with Gasteiger partial charge in [0.2, 0.25) is 5.91 Å². The number of hydrogen-bond acceptors (Lipinski definition) is 4. The molecular weight excluding hydrogens is 312 g/mol. The maximum atomic E-state index is 12.3. The van der Waals surface area contributed by atoms with Crippen molar-refractivity contribution in [2.45, 2.75) is 6.42 Å². The van der Waals surface area contributed by atoms with Gasteiger partial charge in [-0.05, 0) is 30.3 Å². The van der Waals surface area contributed by atoms with Crippen LogP contribution in [-0.4, -0.2) is 21.4 Å². The first-order valence-electron chi connectivity index (χ1n) is 6.89. The highest BCUT2D eigenvalue weighted by molar-refractivity contribution is 7.14. The van der Waals surface area contributed by atoms with Gasteiger partial charge in [0.1, 0.15) is 0 Å². The lowest BCUT2D eigenvalue weighted by atomic mass is 10.2. The van der Waals surface area contributed by atoms with Crippen LogP contribution in [0.25, 0.3) is 5.69 Å². The van der Waals surface area contributed by atoms with Gasteiger partial charge in [-0.3, -0.25) is 14.9 Å². The minimum Gasteiger partial charge on any atom is -0.369 e. The molecule has 7 heteroatoms. The zero-order valence-corrected chi connectivity index (χ0v) is 12.9. The largest absolute Gasteiger partial charge is 0.369 e. The van der Waals surface area contributed by atoms with Crippen molar-refractivity contribution in [1.29, 1.82) is 0 Å². The van der Waals surface area contributed by atoms with Crippen LogP contribution in [0.15, 0.2) is 54.2 Å². The number of amides is 2. The minimum absolute atomic E-state index is 0.0650. The Bertz CT molecular complexity index is 839. The number of anilines is 1. The second-order valence-electron chi connectivity index (χ2n) is 4.88. The van der Waals surface area contributed by atoms with E-state index in [4.69, 9.17) is 5.73 Å². The topological polar surface area (TPSA) is 90.0 Å². The smallest absolute Gasteiger partial charge is 0.257 e. The number of nitrogens with zero attached hydrogens (tertiary/aromatic N) is 2. The summed E-state index contributed by atoms with van der Waals surface area (Å²) in [5.74, 6) is -0.702. The average Bonchev–Trinajstić information content (AvgIpc) is 3.19. The summed E-state index contributed by atoms with van der Waals surface area (Å²) < 4.78 is 1.92. The molecule has 0 saturated heterocycles. The minimum atomic E-state index is -0.451. The zero-order valence-electron chi connectivity index (χ0n) is 12.1. The van der Waals surface area contributed by atoms with Crippen LogP contribution in [0.2, 0.25) is 0 Å². The quantitative estimate of drug-likeness (QED) is 0.753. The molecule has 3 aromatic rings. The maximum absolute atomic E-state index is 12.3. The fraction of sp³-hybridized carbons (Fsp3) is 0.0625. The first-order chi connectivity index (χ1) is 11.1. The molecule has 0 atom stereocenters. The first-order valence-corrected chi connectivity index (χ1v) is 7.77. The van der Waals surface area contributed by atoms with Crippen molar-refractivity contribution in [2.24, 2.45) is 5.73 Å². The zero-order chi connectivity index (χ0) is 16.2. The van der Waals surface area contributed by atoms with Crippen LogP contribution in [0, 0.1) is 0 Å². The van der Waals surface area contributed by atoms with Crippen LogP contribution in [0.1, 0.15) is 16.1 Å². The molecule has 6 nitrogen and oxygen atoms in total. The predicted octanol–water partition coefficient (Wildman–Crippen LogP) is 2.21. The Balaban J connectivity index is 1.74. The van der Waals surface area contributed by atoms with Gasteiger partial charge in [0.15, 0.2) is 5.13 Å². The molecule has 3 rings (SSSR count). The van der Waals surface area contributed by atoms with E-state index in [0.717, 1.165) is 5.69 Å². The van der Waals surface area contributed by atoms with Gasteiger partial charge < -0.3 is 10.3 Å². The van der Waals surface area contributed by atoms with Crippen LogP contribution in [0.4, 0.5) is 5.13 Å². The molecule has 2 heterocycles. The SMILES string of the molecule is NC(=O)Cc1csc(NC(=O)c2cccc(-n3cccc3)c2)n1. The summed E-state index contributed by atoms with van der Waals surface area (Å²) in [6.07, 6.45) is 3.89. The molecule has 0 aliphatic heterocycles. The molecule has 0 aliphatic rings. The molecule has 23 heavy (non-hydrogen) atoms. The van der Waals surface area contributed by atoms with E-state index in [1.807, 2.05) is 41.2 Å². The highest BCUT2D eigenvalue weighted by Crippen LogP contribution is 2.18. The van der Waals surface area contributed by atoms with Gasteiger partial charge in [-0.15, -0.1) is 11.3 Å². The lowest BCUT2D eigenvalue weighted by Gasteiger charge is -2.06. The Hall–Kier alpha value is -2.93. The summed E-state index contributed by atoms with van der Waals surface area (Å²) in [5.41, 5.74) is 7.11. The molecular formula is C16H14N4O2S. The number of nitrogens with two attached hydrogens (primary N) is 1. The Morgan fingerprint density at radius 3 is 2.74 bits per heavy atom. The van der Waals surface area contributed by atoms with Crippen molar-refractivity contribution in [3.8, 4) is 5.69 Å². The van der Waals surface area contributed by atoms with Crippen LogP contribution in [0.3, 0.4) is 0 Å². The van der Waals surface area contributed by atoms with E-state index in [-0.39, 0.29) is 12.3 Å². The summed E-state index contributed by atoms with van der Waals surface area (Å²) in [6.45, 7) is 0. The molecule has 0 fully saturated rings. The number of nitrogens with one attached hydrogen (secondary N) is 1. The van der Waals surface area contributed by atoms with Gasteiger partial charge >= 0.3 is 0 Å². The predicted molar refractivity (Wildman–Crippen MR) is 88.7 cm³/mol. The van der Waals surface area contributed by atoms with E-state index in [9.17, 15) is 9.59 Å². The molecule has 3 N–H and O–H groups in total. The van der Waals surface area contributed by atoms with E-state index in [1.165, 1.54) is 11.3 Å². The third kappa shape index (κ3) is 3.64. The summed E-state index contributed by atoms with van der Waals surface area (Å²) in [7, 11) is 0. The van der Waals surface area contributed by atoms with Gasteiger partial charge in [0, 0.05) is 29.0 Å². The van der Waals surface area contributed by atoms with Gasteiger partial charge in [-0.2, -0.15) is 0 Å². The monoisotopic (exact) mass is 326 g/mol. The molecule has 0 aliphatic carbocycles. The molecule has 2 aromatic heterocycles. The van der Waals surface area contributed by atoms with Crippen molar-refractivity contribution in [1.82, 2.24) is 9.55 Å². The van der Waals surface area contributed by atoms with E-state index in [2.05, 4.69) is 10.3 Å². The van der Waals surface area contributed by atoms with Crippen LogP contribution in [0.5, 0.6) is 0 Å². The second kappa shape index (κ2) is 6.45. The maximum Gasteiger partial charge on any atom is 0.257 e. The standard InChI is InChI=1S/C16H14N4O2S/c17-14(21)9-12-10-23-16(18-12)19-15(22)11-4-3-5-13(8-11)20-6-1-2-7-20/h1-8,10H,9H2,(H2,17,21)(H,18,19,22). The van der Waals surface area contributed by atoms with E-state index in [1.54, 1.807) is 17.5 Å². The van der Waals surface area contributed by atoms with Crippen molar-refractivity contribution < 1.29 is 9.59 Å². The van der Waals surface area contributed by atoms with E-state index in [0.29, 0.717) is 16.4 Å². The van der Waals surface area contributed by atoms with E-state index < -0.39 is 5.91 Å². The number of carbonyl (C=O) groups is 2. The lowest BCUT2D eigenvalue weighted by Crippen LogP contribution is -2.14. The number of benzene rings is 1. The van der Waals surface area contributed by atoms with Crippen molar-refractivity contribution >= 4 is 28.3 Å². The normalized spacial score (nSPS) is 10.4. The fourth-order valence-corrected chi connectivity index (χ4v) is 2.81. The van der Waals surface area contributed by atoms with Gasteiger partial charge in [-0.25, -0.2) is 4.98 Å². The number of hydrogen-bond donors (Lipinski definition) is 2. The number of thiazole rings is 1. The lowest BCUT2D eigenvalue weighted by molar-refractivity contribution is -0.117. The first kappa shape index (κ1) is 15.0. The third-order valence-electron chi connectivity index (χ3n) is 3.14. The molecule has 1 aromatic carbocycles.